The summed E-state index contributed by atoms with van der Waals surface area (Å²) in [6.45, 7) is 1.96. The van der Waals surface area contributed by atoms with E-state index in [2.05, 4.69) is 10.6 Å². The second-order valence-electron chi connectivity index (χ2n) is 2.51. The van der Waals surface area contributed by atoms with Gasteiger partial charge in [0.05, 0.1) is 6.04 Å². The third-order valence-corrected chi connectivity index (χ3v) is 1.29. The van der Waals surface area contributed by atoms with Crippen LogP contribution in [0.15, 0.2) is 5.16 Å². The SMILES string of the molecule is CCC(NN(C)C)C(N)=NO. The molecule has 0 rings (SSSR count). The maximum Gasteiger partial charge on any atom is 0.157 e. The van der Waals surface area contributed by atoms with Crippen molar-refractivity contribution in [3.63, 3.8) is 0 Å². The molecule has 0 fully saturated rings. The number of rotatable bonds is 4. The van der Waals surface area contributed by atoms with E-state index in [1.165, 1.54) is 0 Å². The van der Waals surface area contributed by atoms with Crippen molar-refractivity contribution in [1.82, 2.24) is 10.4 Å². The van der Waals surface area contributed by atoms with E-state index in [1.807, 2.05) is 21.0 Å². The first kappa shape index (κ1) is 10.2. The van der Waals surface area contributed by atoms with E-state index in [4.69, 9.17) is 10.9 Å². The van der Waals surface area contributed by atoms with Gasteiger partial charge in [0.25, 0.3) is 0 Å². The minimum Gasteiger partial charge on any atom is -0.409 e. The maximum atomic E-state index is 8.35. The van der Waals surface area contributed by atoms with Gasteiger partial charge in [-0.05, 0) is 6.42 Å². The summed E-state index contributed by atoms with van der Waals surface area (Å²) in [5, 5.41) is 13.0. The van der Waals surface area contributed by atoms with Gasteiger partial charge in [0.1, 0.15) is 0 Å². The average molecular weight is 160 g/mol. The average Bonchev–Trinajstić information content (AvgIpc) is 1.98. The van der Waals surface area contributed by atoms with Crippen LogP contribution in [0.2, 0.25) is 0 Å². The van der Waals surface area contributed by atoms with Crippen LogP contribution in [0.3, 0.4) is 0 Å². The molecule has 1 unspecified atom stereocenters. The topological polar surface area (TPSA) is 73.9 Å². The molecule has 1 atom stereocenters. The van der Waals surface area contributed by atoms with Crippen LogP contribution in [-0.2, 0) is 0 Å². The molecule has 0 aliphatic carbocycles. The Morgan fingerprint density at radius 2 is 2.27 bits per heavy atom. The molecule has 0 heterocycles. The largest absolute Gasteiger partial charge is 0.409 e. The van der Waals surface area contributed by atoms with Gasteiger partial charge in [-0.2, -0.15) is 0 Å². The summed E-state index contributed by atoms with van der Waals surface area (Å²) in [4.78, 5) is 0. The predicted octanol–water partition coefficient (Wildman–Crippen LogP) is -0.422. The summed E-state index contributed by atoms with van der Waals surface area (Å²) in [5.41, 5.74) is 8.38. The summed E-state index contributed by atoms with van der Waals surface area (Å²) in [7, 11) is 3.71. The van der Waals surface area contributed by atoms with Gasteiger partial charge < -0.3 is 10.9 Å². The van der Waals surface area contributed by atoms with Gasteiger partial charge in [0.2, 0.25) is 0 Å². The van der Waals surface area contributed by atoms with Gasteiger partial charge in [-0.25, -0.2) is 10.4 Å². The summed E-state index contributed by atoms with van der Waals surface area (Å²) in [6.07, 6.45) is 0.786. The molecule has 5 nitrogen and oxygen atoms in total. The normalized spacial score (nSPS) is 15.5. The van der Waals surface area contributed by atoms with E-state index in [1.54, 1.807) is 5.01 Å². The van der Waals surface area contributed by atoms with Crippen molar-refractivity contribution in [2.75, 3.05) is 14.1 Å². The third-order valence-electron chi connectivity index (χ3n) is 1.29. The molecule has 5 heteroatoms. The summed E-state index contributed by atoms with van der Waals surface area (Å²) < 4.78 is 0. The Hall–Kier alpha value is -0.810. The molecule has 0 radical (unpaired) electrons. The minimum atomic E-state index is -0.0880. The fourth-order valence-electron chi connectivity index (χ4n) is 0.748. The second-order valence-corrected chi connectivity index (χ2v) is 2.51. The zero-order chi connectivity index (χ0) is 8.85. The number of amidine groups is 1. The van der Waals surface area contributed by atoms with Crippen molar-refractivity contribution in [1.29, 1.82) is 0 Å². The highest BCUT2D eigenvalue weighted by Gasteiger charge is 2.10. The first-order chi connectivity index (χ1) is 5.11. The van der Waals surface area contributed by atoms with Crippen molar-refractivity contribution in [3.05, 3.63) is 0 Å². The van der Waals surface area contributed by atoms with E-state index in [0.717, 1.165) is 6.42 Å². The molecule has 0 spiro atoms. The Bertz CT molecular complexity index is 135. The highest BCUT2D eigenvalue weighted by Crippen LogP contribution is 1.90. The highest BCUT2D eigenvalue weighted by atomic mass is 16.4. The van der Waals surface area contributed by atoms with Gasteiger partial charge in [-0.1, -0.05) is 12.1 Å². The second kappa shape index (κ2) is 4.92. The lowest BCUT2D eigenvalue weighted by atomic mass is 10.2. The number of oxime groups is 1. The molecule has 0 aromatic rings. The number of nitrogens with one attached hydrogen (secondary N) is 1. The Labute approximate surface area is 66.8 Å². The molecule has 0 saturated heterocycles. The van der Waals surface area contributed by atoms with Crippen LogP contribution in [0.5, 0.6) is 0 Å². The van der Waals surface area contributed by atoms with Gasteiger partial charge in [-0.15, -0.1) is 0 Å². The number of hydrogen-bond donors (Lipinski definition) is 3. The molecule has 66 valence electrons. The smallest absolute Gasteiger partial charge is 0.157 e. The number of hydrazine groups is 1. The molecule has 0 aliphatic heterocycles. The number of nitrogens with two attached hydrogens (primary N) is 1. The lowest BCUT2D eigenvalue weighted by Crippen LogP contribution is -2.47. The van der Waals surface area contributed by atoms with Crippen molar-refractivity contribution in [2.45, 2.75) is 19.4 Å². The van der Waals surface area contributed by atoms with Crippen LogP contribution < -0.4 is 11.2 Å². The van der Waals surface area contributed by atoms with E-state index in [-0.39, 0.29) is 11.9 Å². The lowest BCUT2D eigenvalue weighted by molar-refractivity contribution is 0.259. The van der Waals surface area contributed by atoms with Gasteiger partial charge in [-0.3, -0.25) is 0 Å². The fourth-order valence-corrected chi connectivity index (χ4v) is 0.748. The molecule has 11 heavy (non-hydrogen) atoms. The van der Waals surface area contributed by atoms with Crippen LogP contribution in [0.4, 0.5) is 0 Å². The van der Waals surface area contributed by atoms with Gasteiger partial charge in [0, 0.05) is 14.1 Å². The van der Waals surface area contributed by atoms with E-state index in [0.29, 0.717) is 0 Å². The Morgan fingerprint density at radius 1 is 1.73 bits per heavy atom. The lowest BCUT2D eigenvalue weighted by Gasteiger charge is -2.20. The molecule has 0 aliphatic rings. The standard InChI is InChI=1S/C6H16N4O/c1-4-5(6(7)9-11)8-10(2)3/h5,8,11H,4H2,1-3H3,(H2,7,9). The van der Waals surface area contributed by atoms with E-state index in [9.17, 15) is 0 Å². The van der Waals surface area contributed by atoms with Gasteiger partial charge >= 0.3 is 0 Å². The molecular weight excluding hydrogens is 144 g/mol. The summed E-state index contributed by atoms with van der Waals surface area (Å²) >= 11 is 0. The van der Waals surface area contributed by atoms with Crippen molar-refractivity contribution >= 4 is 5.84 Å². The maximum absolute atomic E-state index is 8.35. The van der Waals surface area contributed by atoms with E-state index < -0.39 is 0 Å². The minimum absolute atomic E-state index is 0.0880. The molecule has 0 bridgehead atoms. The monoisotopic (exact) mass is 160 g/mol. The molecule has 0 aromatic carbocycles. The highest BCUT2D eigenvalue weighted by molar-refractivity contribution is 5.85. The Morgan fingerprint density at radius 3 is 2.55 bits per heavy atom. The third kappa shape index (κ3) is 3.79. The van der Waals surface area contributed by atoms with Crippen LogP contribution in [0.1, 0.15) is 13.3 Å². The number of hydrogen-bond acceptors (Lipinski definition) is 4. The zero-order valence-electron chi connectivity index (χ0n) is 7.20. The number of nitrogens with zero attached hydrogens (tertiary/aromatic N) is 2. The fraction of sp³-hybridized carbons (Fsp3) is 0.833. The molecule has 0 saturated carbocycles. The predicted molar refractivity (Wildman–Crippen MR) is 44.3 cm³/mol. The summed E-state index contributed by atoms with van der Waals surface area (Å²) in [5.74, 6) is 0.209. The molecular formula is C6H16N4O. The van der Waals surface area contributed by atoms with Crippen LogP contribution in [0.25, 0.3) is 0 Å². The van der Waals surface area contributed by atoms with Crippen molar-refractivity contribution < 1.29 is 5.21 Å². The first-order valence-electron chi connectivity index (χ1n) is 3.52. The quantitative estimate of drug-likeness (QED) is 0.226. The van der Waals surface area contributed by atoms with Gasteiger partial charge in [0.15, 0.2) is 5.84 Å². The van der Waals surface area contributed by atoms with Crippen LogP contribution >= 0.6 is 0 Å². The molecule has 0 aromatic heterocycles. The molecule has 4 N–H and O–H groups in total. The summed E-state index contributed by atoms with van der Waals surface area (Å²) in [6, 6.07) is -0.0880. The zero-order valence-corrected chi connectivity index (χ0v) is 7.20. The van der Waals surface area contributed by atoms with Crippen molar-refractivity contribution in [2.24, 2.45) is 10.9 Å². The Kier molecular flexibility index (Phi) is 4.56. The van der Waals surface area contributed by atoms with Crippen molar-refractivity contribution in [3.8, 4) is 0 Å². The first-order valence-corrected chi connectivity index (χ1v) is 3.52. The Balaban J connectivity index is 3.95. The van der Waals surface area contributed by atoms with Crippen LogP contribution in [-0.4, -0.2) is 36.2 Å². The molecule has 0 amide bonds. The van der Waals surface area contributed by atoms with Crippen LogP contribution in [0, 0.1) is 0 Å². The van der Waals surface area contributed by atoms with E-state index >= 15 is 0 Å².